The van der Waals surface area contributed by atoms with E-state index < -0.39 is 5.97 Å². The first-order valence-corrected chi connectivity index (χ1v) is 5.66. The number of nitrogens with zero attached hydrogens (tertiary/aromatic N) is 1. The monoisotopic (exact) mass is 349 g/mol. The molecule has 0 aliphatic carbocycles. The van der Waals surface area contributed by atoms with Gasteiger partial charge < -0.3 is 10.2 Å². The zero-order chi connectivity index (χ0) is 11.9. The van der Waals surface area contributed by atoms with E-state index in [0.717, 1.165) is 9.77 Å². The number of rotatable bonds is 1. The van der Waals surface area contributed by atoms with Crippen molar-refractivity contribution in [1.29, 1.82) is 0 Å². The Hall–Kier alpha value is -1.08. The van der Waals surface area contributed by atoms with Gasteiger partial charge in [0, 0.05) is 15.2 Å². The summed E-state index contributed by atoms with van der Waals surface area (Å²) in [5, 5.41) is 19.5. The number of carbonyl (C=O) groups is 1. The van der Waals surface area contributed by atoms with Crippen molar-refractivity contribution in [3.8, 4) is 5.75 Å². The van der Waals surface area contributed by atoms with E-state index in [1.165, 1.54) is 0 Å². The molecule has 1 aromatic carbocycles. The molecule has 0 bridgehead atoms. The van der Waals surface area contributed by atoms with Crippen molar-refractivity contribution in [2.45, 2.75) is 0 Å². The lowest BCUT2D eigenvalue weighted by Gasteiger charge is -2.05. The van der Waals surface area contributed by atoms with Crippen LogP contribution in [0.25, 0.3) is 10.9 Å². The zero-order valence-electron chi connectivity index (χ0n) is 7.74. The molecule has 0 aliphatic rings. The Morgan fingerprint density at radius 3 is 2.75 bits per heavy atom. The van der Waals surface area contributed by atoms with Gasteiger partial charge in [0.25, 0.3) is 0 Å². The number of fused-ring (bicyclic) bond motifs is 1. The number of hydrogen-bond donors (Lipinski definition) is 2. The van der Waals surface area contributed by atoms with E-state index in [2.05, 4.69) is 4.98 Å². The van der Waals surface area contributed by atoms with Gasteiger partial charge in [0.1, 0.15) is 11.3 Å². The second-order valence-electron chi connectivity index (χ2n) is 3.11. The third kappa shape index (κ3) is 1.80. The summed E-state index contributed by atoms with van der Waals surface area (Å²) in [7, 11) is 0. The largest absolute Gasteiger partial charge is 0.506 e. The minimum absolute atomic E-state index is 0.217. The van der Waals surface area contributed by atoms with E-state index in [1.807, 2.05) is 22.6 Å². The second-order valence-corrected chi connectivity index (χ2v) is 4.68. The number of pyridine rings is 1. The fourth-order valence-corrected chi connectivity index (χ4v) is 1.95. The summed E-state index contributed by atoms with van der Waals surface area (Å²) in [6.07, 6.45) is 1.11. The second kappa shape index (κ2) is 4.06. The van der Waals surface area contributed by atoms with Gasteiger partial charge in [0.05, 0.1) is 10.5 Å². The number of carboxylic acids is 1. The van der Waals surface area contributed by atoms with Crippen molar-refractivity contribution < 1.29 is 15.0 Å². The van der Waals surface area contributed by atoms with Crippen LogP contribution in [0, 0.1) is 3.57 Å². The minimum Gasteiger partial charge on any atom is -0.506 e. The van der Waals surface area contributed by atoms with Crippen LogP contribution in [0.1, 0.15) is 10.4 Å². The average Bonchev–Trinajstić information content (AvgIpc) is 2.21. The summed E-state index contributed by atoms with van der Waals surface area (Å²) < 4.78 is 0.728. The molecule has 0 aliphatic heterocycles. The van der Waals surface area contributed by atoms with Crippen LogP contribution in [0.5, 0.6) is 5.75 Å². The van der Waals surface area contributed by atoms with Gasteiger partial charge in [0.15, 0.2) is 0 Å². The van der Waals surface area contributed by atoms with Gasteiger partial charge in [-0.15, -0.1) is 0 Å². The van der Waals surface area contributed by atoms with Gasteiger partial charge in [-0.3, -0.25) is 4.98 Å². The summed E-state index contributed by atoms with van der Waals surface area (Å²) in [6, 6.07) is 3.19. The number of aromatic carboxylic acids is 1. The molecular weight excluding hydrogens is 344 g/mol. The molecule has 2 rings (SSSR count). The van der Waals surface area contributed by atoms with Gasteiger partial charge in [-0.1, -0.05) is 11.6 Å². The maximum Gasteiger partial charge on any atom is 0.341 e. The third-order valence-corrected chi connectivity index (χ3v) is 3.64. The fraction of sp³-hybridized carbons (Fsp3) is 0. The van der Waals surface area contributed by atoms with Crippen molar-refractivity contribution in [3.63, 3.8) is 0 Å². The van der Waals surface area contributed by atoms with Crippen LogP contribution in [0.2, 0.25) is 5.02 Å². The zero-order valence-corrected chi connectivity index (χ0v) is 10.7. The summed E-state index contributed by atoms with van der Waals surface area (Å²) >= 11 is 7.90. The van der Waals surface area contributed by atoms with E-state index in [-0.39, 0.29) is 11.3 Å². The maximum absolute atomic E-state index is 10.8. The predicted octanol–water partition coefficient (Wildman–Crippen LogP) is 2.90. The topological polar surface area (TPSA) is 70.4 Å². The van der Waals surface area contributed by atoms with E-state index in [9.17, 15) is 9.90 Å². The standard InChI is InChI=1S/C10H5ClINO3/c11-6-2-8-4(1-7(6)12)9(14)5(3-13-8)10(15)16/h1-3H,(H,13,14)(H,15,16). The molecule has 0 unspecified atom stereocenters. The Balaban J connectivity index is 2.84. The van der Waals surface area contributed by atoms with E-state index in [1.54, 1.807) is 12.1 Å². The van der Waals surface area contributed by atoms with Crippen molar-refractivity contribution >= 4 is 51.1 Å². The fourth-order valence-electron chi connectivity index (χ4n) is 1.33. The summed E-state index contributed by atoms with van der Waals surface area (Å²) in [4.78, 5) is 14.7. The lowest BCUT2D eigenvalue weighted by atomic mass is 10.1. The third-order valence-electron chi connectivity index (χ3n) is 2.11. The average molecular weight is 350 g/mol. The van der Waals surface area contributed by atoms with Crippen LogP contribution in [0.15, 0.2) is 18.3 Å². The Morgan fingerprint density at radius 1 is 1.44 bits per heavy atom. The molecule has 0 spiro atoms. The molecule has 1 aromatic heterocycles. The van der Waals surface area contributed by atoms with Gasteiger partial charge in [0.2, 0.25) is 0 Å². The number of hydrogen-bond acceptors (Lipinski definition) is 3. The van der Waals surface area contributed by atoms with Crippen LogP contribution in [0.4, 0.5) is 0 Å². The number of benzene rings is 1. The normalized spacial score (nSPS) is 10.6. The molecular formula is C10H5ClINO3. The first kappa shape index (κ1) is 11.4. The van der Waals surface area contributed by atoms with Crippen LogP contribution < -0.4 is 0 Å². The molecule has 82 valence electrons. The molecule has 0 radical (unpaired) electrons. The highest BCUT2D eigenvalue weighted by atomic mass is 127. The predicted molar refractivity (Wildman–Crippen MR) is 68.1 cm³/mol. The molecule has 2 aromatic rings. The van der Waals surface area contributed by atoms with Crippen LogP contribution in [0.3, 0.4) is 0 Å². The van der Waals surface area contributed by atoms with Crippen LogP contribution in [-0.4, -0.2) is 21.2 Å². The van der Waals surface area contributed by atoms with E-state index >= 15 is 0 Å². The molecule has 0 fully saturated rings. The Labute approximate surface area is 109 Å². The lowest BCUT2D eigenvalue weighted by molar-refractivity contribution is 0.0693. The van der Waals surface area contributed by atoms with E-state index in [0.29, 0.717) is 15.9 Å². The van der Waals surface area contributed by atoms with Crippen molar-refractivity contribution in [2.24, 2.45) is 0 Å². The highest BCUT2D eigenvalue weighted by Gasteiger charge is 2.14. The highest BCUT2D eigenvalue weighted by molar-refractivity contribution is 14.1. The van der Waals surface area contributed by atoms with Crippen LogP contribution in [-0.2, 0) is 0 Å². The first-order valence-electron chi connectivity index (χ1n) is 4.20. The molecule has 2 N–H and O–H groups in total. The van der Waals surface area contributed by atoms with Gasteiger partial charge >= 0.3 is 5.97 Å². The number of halogens is 2. The Kier molecular flexibility index (Phi) is 2.90. The smallest absolute Gasteiger partial charge is 0.341 e. The van der Waals surface area contributed by atoms with Crippen molar-refractivity contribution in [3.05, 3.63) is 32.5 Å². The quantitative estimate of drug-likeness (QED) is 0.777. The number of aromatic hydroxyl groups is 1. The molecule has 0 atom stereocenters. The Bertz CT molecular complexity index is 600. The first-order chi connectivity index (χ1) is 7.50. The van der Waals surface area contributed by atoms with Crippen LogP contribution >= 0.6 is 34.2 Å². The Morgan fingerprint density at radius 2 is 2.12 bits per heavy atom. The molecule has 0 saturated carbocycles. The maximum atomic E-state index is 10.8. The highest BCUT2D eigenvalue weighted by Crippen LogP contribution is 2.31. The van der Waals surface area contributed by atoms with Gasteiger partial charge in [-0.2, -0.15) is 0 Å². The summed E-state index contributed by atoms with van der Waals surface area (Å²) in [6.45, 7) is 0. The molecule has 1 heterocycles. The number of aromatic nitrogens is 1. The van der Waals surface area contributed by atoms with Crippen molar-refractivity contribution in [1.82, 2.24) is 4.98 Å². The summed E-state index contributed by atoms with van der Waals surface area (Å²) in [5.74, 6) is -1.50. The molecule has 0 saturated heterocycles. The summed E-state index contributed by atoms with van der Waals surface area (Å²) in [5.41, 5.74) is 0.249. The lowest BCUT2D eigenvalue weighted by Crippen LogP contribution is -1.98. The molecule has 0 amide bonds. The molecule has 16 heavy (non-hydrogen) atoms. The molecule has 4 nitrogen and oxygen atoms in total. The van der Waals surface area contributed by atoms with Crippen molar-refractivity contribution in [2.75, 3.05) is 0 Å². The minimum atomic E-state index is -1.21. The van der Waals surface area contributed by atoms with Gasteiger partial charge in [-0.25, -0.2) is 4.79 Å². The molecule has 6 heteroatoms. The van der Waals surface area contributed by atoms with E-state index in [4.69, 9.17) is 16.7 Å². The van der Waals surface area contributed by atoms with Gasteiger partial charge in [-0.05, 0) is 34.7 Å². The SMILES string of the molecule is O=C(O)c1cnc2cc(Cl)c(I)cc2c1O. The number of carboxylic acid groups (broad SMARTS) is 1.